The first-order valence-corrected chi connectivity index (χ1v) is 11.5. The van der Waals surface area contributed by atoms with Gasteiger partial charge in [0.05, 0.1) is 21.9 Å². The Bertz CT molecular complexity index is 1380. The quantitative estimate of drug-likeness (QED) is 0.523. The van der Waals surface area contributed by atoms with Gasteiger partial charge in [-0.1, -0.05) is 12.1 Å². The number of imidazole rings is 1. The number of ether oxygens (including phenoxy) is 1. The van der Waals surface area contributed by atoms with Gasteiger partial charge in [0.1, 0.15) is 17.4 Å². The van der Waals surface area contributed by atoms with Gasteiger partial charge in [-0.2, -0.15) is 0 Å². The van der Waals surface area contributed by atoms with Gasteiger partial charge in [-0.05, 0) is 49.6 Å². The molecule has 0 bridgehead atoms. The number of hydrogen-bond acceptors (Lipinski definition) is 5. The lowest BCUT2D eigenvalue weighted by Crippen LogP contribution is -2.40. The van der Waals surface area contributed by atoms with Crippen molar-refractivity contribution in [3.05, 3.63) is 64.5 Å². The normalized spacial score (nSPS) is 16.4. The number of aromatic amines is 1. The van der Waals surface area contributed by atoms with Crippen molar-refractivity contribution in [2.45, 2.75) is 38.1 Å². The second-order valence-corrected chi connectivity index (χ2v) is 8.85. The molecule has 4 aromatic rings. The summed E-state index contributed by atoms with van der Waals surface area (Å²) >= 11 is 0. The fourth-order valence-electron chi connectivity index (χ4n) is 4.96. The van der Waals surface area contributed by atoms with Crippen molar-refractivity contribution >= 4 is 27.8 Å². The Morgan fingerprint density at radius 2 is 1.91 bits per heavy atom. The van der Waals surface area contributed by atoms with E-state index in [1.165, 1.54) is 0 Å². The fraction of sp³-hybridized carbons (Fsp3) is 0.360. The number of benzene rings is 2. The van der Waals surface area contributed by atoms with Gasteiger partial charge in [-0.15, -0.1) is 0 Å². The number of para-hydroxylation sites is 2. The van der Waals surface area contributed by atoms with Crippen LogP contribution in [0.25, 0.3) is 21.9 Å². The molecule has 2 aliphatic rings. The molecule has 4 heterocycles. The van der Waals surface area contributed by atoms with E-state index in [0.29, 0.717) is 42.2 Å². The molecule has 0 atom stereocenters. The number of nitrogens with zero attached hydrogens (tertiary/aromatic N) is 4. The SMILES string of the molecule is O=C(COc1ccc2nc3n(c(=O)c2c1)CCC3)N1CCC(c2nc3ccccc3[nH]2)CC1. The van der Waals surface area contributed by atoms with E-state index in [1.54, 1.807) is 22.8 Å². The number of carbonyl (C=O) groups is 1. The molecule has 2 aliphatic heterocycles. The van der Waals surface area contributed by atoms with E-state index in [-0.39, 0.29) is 18.1 Å². The number of hydrogen-bond donors (Lipinski definition) is 1. The Balaban J connectivity index is 1.09. The Hall–Kier alpha value is -3.68. The zero-order chi connectivity index (χ0) is 22.4. The van der Waals surface area contributed by atoms with Gasteiger partial charge in [-0.3, -0.25) is 14.2 Å². The van der Waals surface area contributed by atoms with Crippen LogP contribution in [-0.2, 0) is 17.8 Å². The maximum atomic E-state index is 12.7. The highest BCUT2D eigenvalue weighted by molar-refractivity contribution is 5.80. The molecule has 168 valence electrons. The molecule has 0 radical (unpaired) electrons. The lowest BCUT2D eigenvalue weighted by Gasteiger charge is -2.31. The number of nitrogens with one attached hydrogen (secondary N) is 1. The predicted molar refractivity (Wildman–Crippen MR) is 124 cm³/mol. The smallest absolute Gasteiger partial charge is 0.261 e. The molecule has 8 heteroatoms. The summed E-state index contributed by atoms with van der Waals surface area (Å²) in [7, 11) is 0. The second kappa shape index (κ2) is 8.03. The number of carbonyl (C=O) groups excluding carboxylic acids is 1. The molecule has 2 aromatic carbocycles. The van der Waals surface area contributed by atoms with E-state index >= 15 is 0 Å². The lowest BCUT2D eigenvalue weighted by atomic mass is 9.96. The number of fused-ring (bicyclic) bond motifs is 3. The van der Waals surface area contributed by atoms with Crippen molar-refractivity contribution in [1.82, 2.24) is 24.4 Å². The maximum absolute atomic E-state index is 12.7. The molecular weight excluding hydrogens is 418 g/mol. The van der Waals surface area contributed by atoms with Crippen LogP contribution >= 0.6 is 0 Å². The van der Waals surface area contributed by atoms with Crippen LogP contribution < -0.4 is 10.3 Å². The van der Waals surface area contributed by atoms with Crippen LogP contribution in [0.15, 0.2) is 47.3 Å². The Labute approximate surface area is 190 Å². The maximum Gasteiger partial charge on any atom is 0.261 e. The van der Waals surface area contributed by atoms with E-state index in [1.807, 2.05) is 29.2 Å². The van der Waals surface area contributed by atoms with E-state index in [9.17, 15) is 9.59 Å². The van der Waals surface area contributed by atoms with E-state index in [2.05, 4.69) is 9.97 Å². The van der Waals surface area contributed by atoms with Gasteiger partial charge in [0.2, 0.25) is 0 Å². The first kappa shape index (κ1) is 20.0. The van der Waals surface area contributed by atoms with Crippen molar-refractivity contribution in [3.63, 3.8) is 0 Å². The molecule has 1 amide bonds. The van der Waals surface area contributed by atoms with E-state index < -0.39 is 0 Å². The topological polar surface area (TPSA) is 93.1 Å². The highest BCUT2D eigenvalue weighted by atomic mass is 16.5. The Morgan fingerprint density at radius 1 is 1.06 bits per heavy atom. The summed E-state index contributed by atoms with van der Waals surface area (Å²) in [6, 6.07) is 13.3. The third kappa shape index (κ3) is 3.65. The number of likely N-dealkylation sites (tertiary alicyclic amines) is 1. The highest BCUT2D eigenvalue weighted by Gasteiger charge is 2.26. The molecule has 8 nitrogen and oxygen atoms in total. The molecule has 0 unspecified atom stereocenters. The fourth-order valence-corrected chi connectivity index (χ4v) is 4.96. The first-order chi connectivity index (χ1) is 16.2. The number of piperidine rings is 1. The van der Waals surface area contributed by atoms with Crippen molar-refractivity contribution in [2.75, 3.05) is 19.7 Å². The van der Waals surface area contributed by atoms with Crippen LogP contribution in [-0.4, -0.2) is 50.0 Å². The molecular formula is C25H25N5O3. The Morgan fingerprint density at radius 3 is 2.76 bits per heavy atom. The van der Waals surface area contributed by atoms with Crippen molar-refractivity contribution < 1.29 is 9.53 Å². The summed E-state index contributed by atoms with van der Waals surface area (Å²) in [4.78, 5) is 40.1. The van der Waals surface area contributed by atoms with Gasteiger partial charge in [0.25, 0.3) is 11.5 Å². The summed E-state index contributed by atoms with van der Waals surface area (Å²) in [6.45, 7) is 2.03. The van der Waals surface area contributed by atoms with Gasteiger partial charge >= 0.3 is 0 Å². The number of rotatable bonds is 4. The molecule has 0 aliphatic carbocycles. The van der Waals surface area contributed by atoms with Crippen LogP contribution in [0.5, 0.6) is 5.75 Å². The minimum Gasteiger partial charge on any atom is -0.484 e. The first-order valence-electron chi connectivity index (χ1n) is 11.5. The summed E-state index contributed by atoms with van der Waals surface area (Å²) in [5, 5.41) is 0.539. The molecule has 1 saturated heterocycles. The lowest BCUT2D eigenvalue weighted by molar-refractivity contribution is -0.134. The summed E-state index contributed by atoms with van der Waals surface area (Å²) in [6.07, 6.45) is 3.53. The number of amides is 1. The molecule has 1 N–H and O–H groups in total. The largest absolute Gasteiger partial charge is 0.484 e. The molecule has 33 heavy (non-hydrogen) atoms. The van der Waals surface area contributed by atoms with Crippen LogP contribution in [0.2, 0.25) is 0 Å². The van der Waals surface area contributed by atoms with Crippen molar-refractivity contribution in [1.29, 1.82) is 0 Å². The standard InChI is InChI=1S/C25H25N5O3/c31-23(29-12-9-16(10-13-29)24-27-20-4-1-2-5-21(20)28-24)15-33-17-7-8-19-18(14-17)25(32)30-11-3-6-22(30)26-19/h1-2,4-5,7-8,14,16H,3,6,9-13,15H2,(H,27,28). The van der Waals surface area contributed by atoms with Gasteiger partial charge in [0.15, 0.2) is 6.61 Å². The molecule has 0 saturated carbocycles. The average Bonchev–Trinajstić information content (AvgIpc) is 3.50. The predicted octanol–water partition coefficient (Wildman–Crippen LogP) is 3.00. The zero-order valence-corrected chi connectivity index (χ0v) is 18.3. The second-order valence-electron chi connectivity index (χ2n) is 8.85. The van der Waals surface area contributed by atoms with Gasteiger partial charge in [-0.25, -0.2) is 9.97 Å². The monoisotopic (exact) mass is 443 g/mol. The molecule has 0 spiro atoms. The molecule has 2 aromatic heterocycles. The van der Waals surface area contributed by atoms with Gasteiger partial charge < -0.3 is 14.6 Å². The minimum absolute atomic E-state index is 0.0306. The summed E-state index contributed by atoms with van der Waals surface area (Å²) in [5.74, 6) is 2.65. The van der Waals surface area contributed by atoms with Crippen LogP contribution in [0, 0.1) is 0 Å². The van der Waals surface area contributed by atoms with Crippen molar-refractivity contribution in [3.8, 4) is 5.75 Å². The van der Waals surface area contributed by atoms with E-state index in [4.69, 9.17) is 9.72 Å². The summed E-state index contributed by atoms with van der Waals surface area (Å²) < 4.78 is 7.51. The molecule has 1 fully saturated rings. The third-order valence-electron chi connectivity index (χ3n) is 6.79. The number of H-pyrrole nitrogens is 1. The zero-order valence-electron chi connectivity index (χ0n) is 18.3. The highest BCUT2D eigenvalue weighted by Crippen LogP contribution is 2.28. The number of aromatic nitrogens is 4. The minimum atomic E-state index is -0.0412. The van der Waals surface area contributed by atoms with Gasteiger partial charge in [0, 0.05) is 32.0 Å². The molecule has 6 rings (SSSR count). The van der Waals surface area contributed by atoms with Crippen LogP contribution in [0.4, 0.5) is 0 Å². The average molecular weight is 444 g/mol. The van der Waals surface area contributed by atoms with E-state index in [0.717, 1.165) is 48.4 Å². The number of aryl methyl sites for hydroxylation is 1. The third-order valence-corrected chi connectivity index (χ3v) is 6.79. The summed E-state index contributed by atoms with van der Waals surface area (Å²) in [5.41, 5.74) is 2.68. The van der Waals surface area contributed by atoms with Crippen LogP contribution in [0.1, 0.15) is 36.8 Å². The van der Waals surface area contributed by atoms with Crippen molar-refractivity contribution in [2.24, 2.45) is 0 Å². The Kier molecular flexibility index (Phi) is 4.86. The van der Waals surface area contributed by atoms with Crippen LogP contribution in [0.3, 0.4) is 0 Å².